The molecule has 1 aromatic heterocycles. The molecule has 1 heterocycles. The Hall–Kier alpha value is -2.74. The number of hydrogen-bond donors (Lipinski definition) is 0. The van der Waals surface area contributed by atoms with Gasteiger partial charge in [0.1, 0.15) is 6.33 Å². The van der Waals surface area contributed by atoms with Crippen LogP contribution < -0.4 is 0 Å². The average molecular weight is 298 g/mol. The minimum absolute atomic E-state index is 0.366. The zero-order chi connectivity index (χ0) is 15.8. The predicted octanol–water partition coefficient (Wildman–Crippen LogP) is 5.57. The van der Waals surface area contributed by atoms with Gasteiger partial charge in [0.25, 0.3) is 0 Å². The van der Waals surface area contributed by atoms with Crippen LogP contribution in [0, 0.1) is 0 Å². The van der Waals surface area contributed by atoms with Crippen LogP contribution in [0.2, 0.25) is 0 Å². The molecule has 0 aliphatic rings. The fourth-order valence-corrected chi connectivity index (χ4v) is 3.23. The Kier molecular flexibility index (Phi) is 3.30. The number of benzene rings is 3. The third kappa shape index (κ3) is 2.27. The van der Waals surface area contributed by atoms with E-state index in [9.17, 15) is 0 Å². The van der Waals surface area contributed by atoms with Gasteiger partial charge in [-0.2, -0.15) is 0 Å². The third-order valence-electron chi connectivity index (χ3n) is 4.31. The highest BCUT2D eigenvalue weighted by Crippen LogP contribution is 2.35. The average Bonchev–Trinajstić information content (AvgIpc) is 2.61. The maximum absolute atomic E-state index is 4.58. The monoisotopic (exact) mass is 298 g/mol. The first-order valence-electron chi connectivity index (χ1n) is 7.97. The number of aromatic nitrogens is 2. The maximum atomic E-state index is 4.58. The van der Waals surface area contributed by atoms with Crippen molar-refractivity contribution in [3.63, 3.8) is 0 Å². The molecule has 0 amide bonds. The van der Waals surface area contributed by atoms with E-state index in [0.717, 1.165) is 16.6 Å². The molecule has 2 nitrogen and oxygen atoms in total. The van der Waals surface area contributed by atoms with Gasteiger partial charge in [-0.05, 0) is 28.5 Å². The smallest absolute Gasteiger partial charge is 0.116 e. The molecule has 0 radical (unpaired) electrons. The summed E-state index contributed by atoms with van der Waals surface area (Å²) in [6.07, 6.45) is 1.69. The van der Waals surface area contributed by atoms with Gasteiger partial charge in [-0.1, -0.05) is 68.4 Å². The van der Waals surface area contributed by atoms with Crippen molar-refractivity contribution >= 4 is 21.7 Å². The molecular formula is C21H18N2. The van der Waals surface area contributed by atoms with Crippen LogP contribution in [0.4, 0.5) is 0 Å². The first kappa shape index (κ1) is 13.9. The van der Waals surface area contributed by atoms with E-state index in [-0.39, 0.29) is 0 Å². The van der Waals surface area contributed by atoms with Crippen molar-refractivity contribution in [3.8, 4) is 11.1 Å². The van der Waals surface area contributed by atoms with Gasteiger partial charge in [0, 0.05) is 10.8 Å². The molecule has 112 valence electrons. The Balaban J connectivity index is 2.18. The van der Waals surface area contributed by atoms with Gasteiger partial charge < -0.3 is 0 Å². The summed E-state index contributed by atoms with van der Waals surface area (Å²) in [5.74, 6) is 0.366. The van der Waals surface area contributed by atoms with Gasteiger partial charge in [0.15, 0.2) is 0 Å². The maximum Gasteiger partial charge on any atom is 0.116 e. The molecule has 0 atom stereocenters. The van der Waals surface area contributed by atoms with E-state index in [1.54, 1.807) is 6.33 Å². The molecule has 4 aromatic rings. The first-order valence-corrected chi connectivity index (χ1v) is 7.97. The minimum Gasteiger partial charge on any atom is -0.240 e. The number of rotatable bonds is 2. The lowest BCUT2D eigenvalue weighted by Gasteiger charge is -2.14. The van der Waals surface area contributed by atoms with Gasteiger partial charge in [0.05, 0.1) is 11.2 Å². The third-order valence-corrected chi connectivity index (χ3v) is 4.31. The zero-order valence-corrected chi connectivity index (χ0v) is 13.3. The van der Waals surface area contributed by atoms with E-state index in [4.69, 9.17) is 0 Å². The normalized spacial score (nSPS) is 11.4. The lowest BCUT2D eigenvalue weighted by Crippen LogP contribution is -1.97. The van der Waals surface area contributed by atoms with Gasteiger partial charge in [-0.3, -0.25) is 0 Å². The molecule has 2 heteroatoms. The Morgan fingerprint density at radius 2 is 1.43 bits per heavy atom. The Bertz CT molecular complexity index is 988. The molecule has 0 bridgehead atoms. The minimum atomic E-state index is 0.366. The molecule has 4 rings (SSSR count). The summed E-state index contributed by atoms with van der Waals surface area (Å²) < 4.78 is 0. The molecule has 3 aromatic carbocycles. The van der Waals surface area contributed by atoms with E-state index in [2.05, 4.69) is 84.5 Å². The summed E-state index contributed by atoms with van der Waals surface area (Å²) in [7, 11) is 0. The number of hydrogen-bond acceptors (Lipinski definition) is 2. The Labute approximate surface area is 135 Å². The fraction of sp³-hybridized carbons (Fsp3) is 0.143. The van der Waals surface area contributed by atoms with Crippen molar-refractivity contribution in [1.29, 1.82) is 0 Å². The van der Waals surface area contributed by atoms with Crippen LogP contribution in [0.5, 0.6) is 0 Å². The lowest BCUT2D eigenvalue weighted by atomic mass is 9.93. The van der Waals surface area contributed by atoms with E-state index in [0.29, 0.717) is 5.92 Å². The summed E-state index contributed by atoms with van der Waals surface area (Å²) in [4.78, 5) is 9.11. The summed E-state index contributed by atoms with van der Waals surface area (Å²) in [6, 6.07) is 21.3. The van der Waals surface area contributed by atoms with Crippen molar-refractivity contribution in [2.75, 3.05) is 0 Å². The molecule has 0 N–H and O–H groups in total. The Morgan fingerprint density at radius 1 is 0.739 bits per heavy atom. The fourth-order valence-electron chi connectivity index (χ4n) is 3.23. The molecule has 0 unspecified atom stereocenters. The van der Waals surface area contributed by atoms with Gasteiger partial charge >= 0.3 is 0 Å². The Morgan fingerprint density at radius 3 is 2.17 bits per heavy atom. The standard InChI is InChI=1S/C21H18N2/c1-14(2)20-19-12-18(15-8-4-3-5-9-15)16-10-6-7-11-17(16)21(19)23-13-22-20/h3-14H,1-2H3. The zero-order valence-electron chi connectivity index (χ0n) is 13.3. The highest BCUT2D eigenvalue weighted by Gasteiger charge is 2.13. The molecular weight excluding hydrogens is 280 g/mol. The second-order valence-corrected chi connectivity index (χ2v) is 6.15. The van der Waals surface area contributed by atoms with Crippen LogP contribution in [0.3, 0.4) is 0 Å². The SMILES string of the molecule is CC(C)c1ncnc2c1cc(-c1ccccc1)c1ccccc12. The van der Waals surface area contributed by atoms with Crippen LogP contribution in [0.1, 0.15) is 25.5 Å². The largest absolute Gasteiger partial charge is 0.240 e. The van der Waals surface area contributed by atoms with Crippen molar-refractivity contribution in [2.45, 2.75) is 19.8 Å². The molecule has 0 spiro atoms. The molecule has 0 aliphatic heterocycles. The van der Waals surface area contributed by atoms with Crippen molar-refractivity contribution in [2.24, 2.45) is 0 Å². The summed E-state index contributed by atoms with van der Waals surface area (Å²) in [5.41, 5.74) is 4.62. The highest BCUT2D eigenvalue weighted by molar-refractivity contribution is 6.12. The van der Waals surface area contributed by atoms with E-state index < -0.39 is 0 Å². The van der Waals surface area contributed by atoms with Crippen molar-refractivity contribution in [3.05, 3.63) is 72.7 Å². The van der Waals surface area contributed by atoms with Gasteiger partial charge in [0.2, 0.25) is 0 Å². The second-order valence-electron chi connectivity index (χ2n) is 6.15. The summed E-state index contributed by atoms with van der Waals surface area (Å²) in [6.45, 7) is 4.36. The molecule has 0 saturated heterocycles. The number of nitrogens with zero attached hydrogens (tertiary/aromatic N) is 2. The first-order chi connectivity index (χ1) is 11.3. The van der Waals surface area contributed by atoms with E-state index >= 15 is 0 Å². The number of fused-ring (bicyclic) bond motifs is 3. The molecule has 0 fully saturated rings. The van der Waals surface area contributed by atoms with Gasteiger partial charge in [-0.25, -0.2) is 9.97 Å². The van der Waals surface area contributed by atoms with Crippen LogP contribution in [-0.4, -0.2) is 9.97 Å². The lowest BCUT2D eigenvalue weighted by molar-refractivity contribution is 0.829. The quantitative estimate of drug-likeness (QED) is 0.452. The van der Waals surface area contributed by atoms with Crippen LogP contribution in [0.15, 0.2) is 67.0 Å². The second kappa shape index (κ2) is 5.47. The topological polar surface area (TPSA) is 25.8 Å². The highest BCUT2D eigenvalue weighted by atomic mass is 14.8. The van der Waals surface area contributed by atoms with Crippen molar-refractivity contribution < 1.29 is 0 Å². The van der Waals surface area contributed by atoms with E-state index in [1.807, 2.05) is 0 Å². The van der Waals surface area contributed by atoms with E-state index in [1.165, 1.54) is 21.9 Å². The van der Waals surface area contributed by atoms with Crippen LogP contribution >= 0.6 is 0 Å². The van der Waals surface area contributed by atoms with Crippen molar-refractivity contribution in [1.82, 2.24) is 9.97 Å². The molecule has 23 heavy (non-hydrogen) atoms. The molecule has 0 saturated carbocycles. The molecule has 0 aliphatic carbocycles. The van der Waals surface area contributed by atoms with Crippen LogP contribution in [-0.2, 0) is 0 Å². The van der Waals surface area contributed by atoms with Gasteiger partial charge in [-0.15, -0.1) is 0 Å². The summed E-state index contributed by atoms with van der Waals surface area (Å²) >= 11 is 0. The van der Waals surface area contributed by atoms with Crippen LogP contribution in [0.25, 0.3) is 32.8 Å². The summed E-state index contributed by atoms with van der Waals surface area (Å²) in [5, 5.41) is 3.58. The predicted molar refractivity (Wildman–Crippen MR) is 96.6 cm³/mol.